The molecule has 1 saturated heterocycles. The van der Waals surface area contributed by atoms with Crippen molar-refractivity contribution in [1.29, 1.82) is 0 Å². The molecule has 0 unspecified atom stereocenters. The van der Waals surface area contributed by atoms with Gasteiger partial charge in [0, 0.05) is 25.4 Å². The fourth-order valence-corrected chi connectivity index (χ4v) is 8.40. The SMILES string of the molecule is C=C1C(=O)[C@]23CC[C@H]1C[C@H]2[C@@]12CCC[C@@](C)(CN(C(C)=O)C1)[C@H]2CC3. The molecule has 0 aromatic rings. The molecule has 25 heavy (non-hydrogen) atoms. The standard InChI is InChI=1S/C22H31NO2/c1-14-16-5-9-21(19(14)25)10-6-17-20(3)7-4-8-22(17,18(21)11-16)13-23(12-20)15(2)24/h16-18H,1,4-13H2,2-3H3/t16-,17+,18+,20-,21-,22-/m0/s1. The van der Waals surface area contributed by atoms with Gasteiger partial charge in [-0.25, -0.2) is 0 Å². The lowest BCUT2D eigenvalue weighted by Crippen LogP contribution is -2.70. The number of ketones is 1. The molecule has 3 nitrogen and oxygen atoms in total. The van der Waals surface area contributed by atoms with Crippen molar-refractivity contribution in [1.82, 2.24) is 4.90 Å². The van der Waals surface area contributed by atoms with Crippen LogP contribution in [-0.2, 0) is 9.59 Å². The summed E-state index contributed by atoms with van der Waals surface area (Å²) in [7, 11) is 0. The third-order valence-corrected chi connectivity index (χ3v) is 9.34. The van der Waals surface area contributed by atoms with Crippen molar-refractivity contribution in [2.24, 2.45) is 34.0 Å². The highest BCUT2D eigenvalue weighted by Crippen LogP contribution is 2.72. The van der Waals surface area contributed by atoms with E-state index in [1.807, 2.05) is 0 Å². The zero-order valence-electron chi connectivity index (χ0n) is 15.8. The first-order chi connectivity index (χ1) is 11.8. The molecule has 5 aliphatic carbocycles. The van der Waals surface area contributed by atoms with Gasteiger partial charge >= 0.3 is 0 Å². The van der Waals surface area contributed by atoms with Gasteiger partial charge < -0.3 is 4.90 Å². The average molecular weight is 341 g/mol. The average Bonchev–Trinajstić information content (AvgIpc) is 2.57. The Balaban J connectivity index is 1.64. The molecular weight excluding hydrogens is 310 g/mol. The number of rotatable bonds is 0. The van der Waals surface area contributed by atoms with Gasteiger partial charge in [0.1, 0.15) is 0 Å². The van der Waals surface area contributed by atoms with Gasteiger partial charge in [-0.05, 0) is 79.1 Å². The zero-order chi connectivity index (χ0) is 17.6. The minimum absolute atomic E-state index is 0.139. The van der Waals surface area contributed by atoms with Crippen molar-refractivity contribution < 1.29 is 9.59 Å². The predicted molar refractivity (Wildman–Crippen MR) is 96.8 cm³/mol. The number of amides is 1. The van der Waals surface area contributed by atoms with E-state index in [0.717, 1.165) is 44.3 Å². The van der Waals surface area contributed by atoms with E-state index >= 15 is 0 Å². The number of hydrogen-bond donors (Lipinski definition) is 0. The molecule has 3 heteroatoms. The maximum atomic E-state index is 13.3. The quantitative estimate of drug-likeness (QED) is 0.625. The number of allylic oxidation sites excluding steroid dienone is 1. The highest BCUT2D eigenvalue weighted by atomic mass is 16.2. The van der Waals surface area contributed by atoms with Crippen molar-refractivity contribution >= 4 is 11.7 Å². The van der Waals surface area contributed by atoms with E-state index in [4.69, 9.17) is 0 Å². The van der Waals surface area contributed by atoms with E-state index in [9.17, 15) is 9.59 Å². The topological polar surface area (TPSA) is 37.4 Å². The molecular formula is C22H31NO2. The fourth-order valence-electron chi connectivity index (χ4n) is 8.40. The fraction of sp³-hybridized carbons (Fsp3) is 0.818. The van der Waals surface area contributed by atoms with Gasteiger partial charge in [-0.2, -0.15) is 0 Å². The Morgan fingerprint density at radius 1 is 1.12 bits per heavy atom. The Bertz CT molecular complexity index is 684. The summed E-state index contributed by atoms with van der Waals surface area (Å²) in [6.07, 6.45) is 9.38. The number of hydrogen-bond acceptors (Lipinski definition) is 2. The van der Waals surface area contributed by atoms with Crippen LogP contribution in [0, 0.1) is 34.0 Å². The summed E-state index contributed by atoms with van der Waals surface area (Å²) in [5, 5.41) is 0. The van der Waals surface area contributed by atoms with Crippen LogP contribution in [-0.4, -0.2) is 29.7 Å². The lowest BCUT2D eigenvalue weighted by atomic mass is 9.35. The minimum atomic E-state index is -0.139. The van der Waals surface area contributed by atoms with Crippen LogP contribution in [0.15, 0.2) is 12.2 Å². The van der Waals surface area contributed by atoms with Crippen LogP contribution < -0.4 is 0 Å². The van der Waals surface area contributed by atoms with E-state index in [0.29, 0.717) is 23.5 Å². The summed E-state index contributed by atoms with van der Waals surface area (Å²) in [4.78, 5) is 27.7. The maximum absolute atomic E-state index is 13.3. The van der Waals surface area contributed by atoms with E-state index in [1.165, 1.54) is 25.7 Å². The van der Waals surface area contributed by atoms with Crippen LogP contribution in [0.5, 0.6) is 0 Å². The summed E-state index contributed by atoms with van der Waals surface area (Å²) >= 11 is 0. The number of carbonyl (C=O) groups excluding carboxylic acids is 2. The molecule has 5 saturated carbocycles. The Morgan fingerprint density at radius 2 is 1.88 bits per heavy atom. The predicted octanol–water partition coefficient (Wildman–Crippen LogP) is 3.98. The summed E-state index contributed by atoms with van der Waals surface area (Å²) in [6, 6.07) is 0. The number of nitrogens with zero attached hydrogens (tertiary/aromatic N) is 1. The molecule has 0 aromatic carbocycles. The number of likely N-dealkylation sites (tertiary alicyclic amines) is 1. The molecule has 6 rings (SSSR count). The van der Waals surface area contributed by atoms with Gasteiger partial charge in [-0.15, -0.1) is 0 Å². The van der Waals surface area contributed by atoms with Crippen molar-refractivity contribution in [3.05, 3.63) is 12.2 Å². The number of Topliss-reactive ketones (excluding diaryl/α,β-unsaturated/α-hetero) is 1. The van der Waals surface area contributed by atoms with Gasteiger partial charge in [-0.3, -0.25) is 9.59 Å². The Labute approximate surface area is 151 Å². The van der Waals surface area contributed by atoms with Gasteiger partial charge in [-0.1, -0.05) is 19.9 Å². The van der Waals surface area contributed by atoms with E-state index in [1.54, 1.807) is 6.92 Å². The monoisotopic (exact) mass is 341 g/mol. The van der Waals surface area contributed by atoms with Crippen LogP contribution in [0.3, 0.4) is 0 Å². The summed E-state index contributed by atoms with van der Waals surface area (Å²) in [5.74, 6) is 2.22. The molecule has 6 fully saturated rings. The second kappa shape index (κ2) is 4.78. The Kier molecular flexibility index (Phi) is 3.07. The first kappa shape index (κ1) is 16.1. The van der Waals surface area contributed by atoms with Crippen LogP contribution in [0.1, 0.15) is 65.2 Å². The van der Waals surface area contributed by atoms with Crippen LogP contribution in [0.25, 0.3) is 0 Å². The molecule has 1 spiro atoms. The highest BCUT2D eigenvalue weighted by molar-refractivity contribution is 6.02. The van der Waals surface area contributed by atoms with E-state index < -0.39 is 0 Å². The van der Waals surface area contributed by atoms with Crippen molar-refractivity contribution in [3.63, 3.8) is 0 Å². The van der Waals surface area contributed by atoms with Gasteiger partial charge in [0.05, 0.1) is 0 Å². The molecule has 0 aromatic heterocycles. The number of fused-ring (bicyclic) bond motifs is 2. The molecule has 0 N–H and O–H groups in total. The zero-order valence-corrected chi connectivity index (χ0v) is 15.8. The van der Waals surface area contributed by atoms with Crippen molar-refractivity contribution in [2.75, 3.05) is 13.1 Å². The molecule has 136 valence electrons. The maximum Gasteiger partial charge on any atom is 0.219 e. The van der Waals surface area contributed by atoms with Crippen molar-refractivity contribution in [3.8, 4) is 0 Å². The van der Waals surface area contributed by atoms with Crippen LogP contribution in [0.4, 0.5) is 0 Å². The molecule has 1 heterocycles. The van der Waals surface area contributed by atoms with Crippen molar-refractivity contribution in [2.45, 2.75) is 65.2 Å². The molecule has 0 radical (unpaired) electrons. The Morgan fingerprint density at radius 3 is 2.64 bits per heavy atom. The normalized spacial score (nSPS) is 51.1. The second-order valence-electron chi connectivity index (χ2n) is 10.2. The largest absolute Gasteiger partial charge is 0.342 e. The Hall–Kier alpha value is -1.12. The molecule has 4 bridgehead atoms. The molecule has 1 amide bonds. The third kappa shape index (κ3) is 1.78. The van der Waals surface area contributed by atoms with Crippen LogP contribution >= 0.6 is 0 Å². The first-order valence-corrected chi connectivity index (χ1v) is 10.3. The first-order valence-electron chi connectivity index (χ1n) is 10.3. The van der Waals surface area contributed by atoms with Gasteiger partial charge in [0.2, 0.25) is 5.91 Å². The molecule has 1 aliphatic heterocycles. The molecule has 6 aliphatic rings. The highest BCUT2D eigenvalue weighted by Gasteiger charge is 2.69. The van der Waals surface area contributed by atoms with Gasteiger partial charge in [0.25, 0.3) is 0 Å². The van der Waals surface area contributed by atoms with E-state index in [2.05, 4.69) is 18.4 Å². The summed E-state index contributed by atoms with van der Waals surface area (Å²) in [6.45, 7) is 10.2. The third-order valence-electron chi connectivity index (χ3n) is 9.34. The van der Waals surface area contributed by atoms with E-state index in [-0.39, 0.29) is 22.2 Å². The van der Waals surface area contributed by atoms with Gasteiger partial charge in [0.15, 0.2) is 5.78 Å². The number of carbonyl (C=O) groups is 2. The lowest BCUT2D eigenvalue weighted by Gasteiger charge is -2.71. The van der Waals surface area contributed by atoms with Crippen LogP contribution in [0.2, 0.25) is 0 Å². The second-order valence-corrected chi connectivity index (χ2v) is 10.2. The summed E-state index contributed by atoms with van der Waals surface area (Å²) in [5.41, 5.74) is 1.22. The smallest absolute Gasteiger partial charge is 0.219 e. The number of piperidine rings is 1. The minimum Gasteiger partial charge on any atom is -0.342 e. The lowest BCUT2D eigenvalue weighted by molar-refractivity contribution is -0.214. The summed E-state index contributed by atoms with van der Waals surface area (Å²) < 4.78 is 0. The molecule has 6 atom stereocenters.